The predicted octanol–water partition coefficient (Wildman–Crippen LogP) is 2.90. The zero-order valence-corrected chi connectivity index (χ0v) is 11.4. The van der Waals surface area contributed by atoms with Crippen LogP contribution in [0.15, 0.2) is 18.2 Å². The topological polar surface area (TPSA) is 68.0 Å². The Bertz CT molecular complexity index is 585. The number of aromatic nitrogens is 1. The number of carbonyl (C=O) groups excluding carboxylic acids is 1. The molecule has 0 bridgehead atoms. The molecule has 3 N–H and O–H groups in total. The lowest BCUT2D eigenvalue weighted by molar-refractivity contribution is 0.102. The number of carbonyl (C=O) groups is 1. The first kappa shape index (κ1) is 12.6. The summed E-state index contributed by atoms with van der Waals surface area (Å²) in [6.45, 7) is 5.79. The number of rotatable bonds is 2. The lowest BCUT2D eigenvalue weighted by Gasteiger charge is -2.04. The van der Waals surface area contributed by atoms with Crippen LogP contribution in [0.5, 0.6) is 0 Å². The van der Waals surface area contributed by atoms with Crippen molar-refractivity contribution in [1.29, 1.82) is 0 Å². The molecule has 0 aliphatic rings. The van der Waals surface area contributed by atoms with E-state index in [9.17, 15) is 4.79 Å². The van der Waals surface area contributed by atoms with Gasteiger partial charge in [-0.2, -0.15) is 0 Å². The number of hydrogen-bond donors (Lipinski definition) is 2. The number of anilines is 2. The molecule has 0 saturated heterocycles. The molecule has 2 aromatic rings. The Morgan fingerprint density at radius 3 is 2.61 bits per heavy atom. The number of hydrogen-bond acceptors (Lipinski definition) is 4. The second-order valence-electron chi connectivity index (χ2n) is 4.19. The summed E-state index contributed by atoms with van der Waals surface area (Å²) in [4.78, 5) is 17.4. The summed E-state index contributed by atoms with van der Waals surface area (Å²) in [5, 5.41) is 3.42. The molecule has 0 aliphatic heterocycles. The summed E-state index contributed by atoms with van der Waals surface area (Å²) in [5.74, 6) is -0.160. The fourth-order valence-corrected chi connectivity index (χ4v) is 2.32. The van der Waals surface area contributed by atoms with Crippen molar-refractivity contribution < 1.29 is 4.79 Å². The van der Waals surface area contributed by atoms with Crippen LogP contribution in [0.1, 0.15) is 26.5 Å². The highest BCUT2D eigenvalue weighted by Gasteiger charge is 2.10. The molecule has 1 amide bonds. The van der Waals surface area contributed by atoms with E-state index in [4.69, 9.17) is 5.73 Å². The maximum atomic E-state index is 12.0. The highest BCUT2D eigenvalue weighted by Crippen LogP contribution is 2.22. The zero-order chi connectivity index (χ0) is 13.3. The molecule has 94 valence electrons. The first-order valence-electron chi connectivity index (χ1n) is 5.59. The van der Waals surface area contributed by atoms with Gasteiger partial charge in [0.1, 0.15) is 0 Å². The Kier molecular flexibility index (Phi) is 3.34. The smallest absolute Gasteiger partial charge is 0.257 e. The Balaban J connectivity index is 2.19. The number of aryl methyl sites for hydroxylation is 3. The lowest BCUT2D eigenvalue weighted by Crippen LogP contribution is -2.12. The van der Waals surface area contributed by atoms with Crippen molar-refractivity contribution >= 4 is 28.1 Å². The van der Waals surface area contributed by atoms with Gasteiger partial charge in [0.2, 0.25) is 0 Å². The minimum atomic E-state index is -0.160. The van der Waals surface area contributed by atoms with Crippen LogP contribution in [0, 0.1) is 20.8 Å². The average Bonchev–Trinajstić information content (AvgIpc) is 2.61. The molecule has 5 heteroatoms. The molecule has 2 rings (SSSR count). The molecule has 0 unspecified atom stereocenters. The van der Waals surface area contributed by atoms with E-state index >= 15 is 0 Å². The van der Waals surface area contributed by atoms with Gasteiger partial charge in [0.05, 0.1) is 5.69 Å². The van der Waals surface area contributed by atoms with Gasteiger partial charge < -0.3 is 5.73 Å². The molecular weight excluding hydrogens is 246 g/mol. The first-order valence-corrected chi connectivity index (χ1v) is 6.40. The van der Waals surface area contributed by atoms with E-state index in [1.807, 2.05) is 20.8 Å². The summed E-state index contributed by atoms with van der Waals surface area (Å²) < 4.78 is 0. The third-order valence-corrected chi connectivity index (χ3v) is 3.77. The summed E-state index contributed by atoms with van der Waals surface area (Å²) in [6, 6.07) is 5.23. The minimum absolute atomic E-state index is 0.160. The monoisotopic (exact) mass is 261 g/mol. The van der Waals surface area contributed by atoms with Crippen molar-refractivity contribution in [1.82, 2.24) is 4.98 Å². The van der Waals surface area contributed by atoms with Crippen molar-refractivity contribution in [2.24, 2.45) is 0 Å². The van der Waals surface area contributed by atoms with E-state index in [0.717, 1.165) is 16.1 Å². The molecule has 1 heterocycles. The molecule has 0 atom stereocenters. The standard InChI is InChI=1S/C13H15N3OS/c1-7-6-10(4-5-11(7)14)12(17)16-13-15-8(2)9(3)18-13/h4-6H,14H2,1-3H3,(H,15,16,17). The molecule has 0 spiro atoms. The van der Waals surface area contributed by atoms with Crippen LogP contribution in [0.3, 0.4) is 0 Å². The van der Waals surface area contributed by atoms with Gasteiger partial charge in [-0.1, -0.05) is 0 Å². The fourth-order valence-electron chi connectivity index (χ4n) is 1.51. The lowest BCUT2D eigenvalue weighted by atomic mass is 10.1. The molecule has 0 saturated carbocycles. The minimum Gasteiger partial charge on any atom is -0.399 e. The Morgan fingerprint density at radius 1 is 1.33 bits per heavy atom. The van der Waals surface area contributed by atoms with Gasteiger partial charge in [0.25, 0.3) is 5.91 Å². The van der Waals surface area contributed by atoms with Crippen LogP contribution in [-0.4, -0.2) is 10.9 Å². The van der Waals surface area contributed by atoms with Crippen LogP contribution in [0.25, 0.3) is 0 Å². The van der Waals surface area contributed by atoms with Crippen LogP contribution in [0.2, 0.25) is 0 Å². The molecule has 4 nitrogen and oxygen atoms in total. The van der Waals surface area contributed by atoms with Crippen molar-refractivity contribution in [2.45, 2.75) is 20.8 Å². The van der Waals surface area contributed by atoms with E-state index < -0.39 is 0 Å². The van der Waals surface area contributed by atoms with E-state index in [1.54, 1.807) is 18.2 Å². The largest absolute Gasteiger partial charge is 0.399 e. The van der Waals surface area contributed by atoms with Crippen LogP contribution < -0.4 is 11.1 Å². The zero-order valence-electron chi connectivity index (χ0n) is 10.6. The first-order chi connectivity index (χ1) is 8.47. The van der Waals surface area contributed by atoms with Gasteiger partial charge in [0, 0.05) is 16.1 Å². The fraction of sp³-hybridized carbons (Fsp3) is 0.231. The van der Waals surface area contributed by atoms with Gasteiger partial charge in [-0.15, -0.1) is 11.3 Å². The highest BCUT2D eigenvalue weighted by molar-refractivity contribution is 7.15. The normalized spacial score (nSPS) is 10.4. The highest BCUT2D eigenvalue weighted by atomic mass is 32.1. The van der Waals surface area contributed by atoms with Gasteiger partial charge in [-0.3, -0.25) is 10.1 Å². The number of benzene rings is 1. The molecule has 0 fully saturated rings. The number of amides is 1. The van der Waals surface area contributed by atoms with Gasteiger partial charge in [0.15, 0.2) is 5.13 Å². The maximum absolute atomic E-state index is 12.0. The number of nitrogens with one attached hydrogen (secondary N) is 1. The van der Waals surface area contributed by atoms with Gasteiger partial charge in [-0.05, 0) is 44.5 Å². The van der Waals surface area contributed by atoms with Crippen molar-refractivity contribution in [3.8, 4) is 0 Å². The molecular formula is C13H15N3OS. The number of nitrogens with two attached hydrogens (primary N) is 1. The Morgan fingerprint density at radius 2 is 2.06 bits per heavy atom. The molecule has 18 heavy (non-hydrogen) atoms. The molecule has 0 radical (unpaired) electrons. The van der Waals surface area contributed by atoms with E-state index in [1.165, 1.54) is 11.3 Å². The second-order valence-corrected chi connectivity index (χ2v) is 5.39. The van der Waals surface area contributed by atoms with E-state index in [2.05, 4.69) is 10.3 Å². The van der Waals surface area contributed by atoms with Crippen LogP contribution in [-0.2, 0) is 0 Å². The summed E-state index contributed by atoms with van der Waals surface area (Å²) in [7, 11) is 0. The Hall–Kier alpha value is -1.88. The predicted molar refractivity (Wildman–Crippen MR) is 75.1 cm³/mol. The molecule has 1 aromatic carbocycles. The number of thiazole rings is 1. The third-order valence-electron chi connectivity index (χ3n) is 2.78. The number of nitrogen functional groups attached to an aromatic ring is 1. The van der Waals surface area contributed by atoms with Crippen LogP contribution >= 0.6 is 11.3 Å². The second kappa shape index (κ2) is 4.78. The van der Waals surface area contributed by atoms with Crippen molar-refractivity contribution in [3.63, 3.8) is 0 Å². The van der Waals surface area contributed by atoms with Crippen molar-refractivity contribution in [2.75, 3.05) is 11.1 Å². The van der Waals surface area contributed by atoms with E-state index in [0.29, 0.717) is 16.4 Å². The number of nitrogens with zero attached hydrogens (tertiary/aromatic N) is 1. The van der Waals surface area contributed by atoms with Crippen molar-refractivity contribution in [3.05, 3.63) is 39.9 Å². The van der Waals surface area contributed by atoms with E-state index in [-0.39, 0.29) is 5.91 Å². The van der Waals surface area contributed by atoms with Gasteiger partial charge >= 0.3 is 0 Å². The average molecular weight is 261 g/mol. The summed E-state index contributed by atoms with van der Waals surface area (Å²) in [6.07, 6.45) is 0. The van der Waals surface area contributed by atoms with Crippen LogP contribution in [0.4, 0.5) is 10.8 Å². The molecule has 1 aromatic heterocycles. The summed E-state index contributed by atoms with van der Waals surface area (Å²) >= 11 is 1.48. The SMILES string of the molecule is Cc1cc(C(=O)Nc2nc(C)c(C)s2)ccc1N. The quantitative estimate of drug-likeness (QED) is 0.817. The molecule has 0 aliphatic carbocycles. The Labute approximate surface area is 110 Å². The maximum Gasteiger partial charge on any atom is 0.257 e. The van der Waals surface area contributed by atoms with Gasteiger partial charge in [-0.25, -0.2) is 4.98 Å². The summed E-state index contributed by atoms with van der Waals surface area (Å²) in [5.41, 5.74) is 8.85. The third kappa shape index (κ3) is 2.51.